The van der Waals surface area contributed by atoms with E-state index in [2.05, 4.69) is 5.92 Å². The minimum atomic E-state index is -0.261. The molecule has 2 N–H and O–H groups in total. The van der Waals surface area contributed by atoms with Crippen LogP contribution in [0.25, 0.3) is 0 Å². The number of carbonyl (C=O) groups is 1. The zero-order valence-corrected chi connectivity index (χ0v) is 9.29. The molecule has 0 saturated heterocycles. The van der Waals surface area contributed by atoms with Crippen LogP contribution in [0.3, 0.4) is 0 Å². The Hall–Kier alpha value is -1.01. The molecule has 0 aromatic heterocycles. The minimum Gasteiger partial charge on any atom is -0.368 e. The standard InChI is InChI=1S/C11H20N2O/c1-5-6-7-8-13(4)10(9(2)3)11(12)14/h1,9-10H,6-8H2,2-4H3,(H2,12,14). The van der Waals surface area contributed by atoms with Gasteiger partial charge in [-0.1, -0.05) is 13.8 Å². The summed E-state index contributed by atoms with van der Waals surface area (Å²) in [6, 6.07) is -0.187. The van der Waals surface area contributed by atoms with Crippen LogP contribution in [0.1, 0.15) is 26.7 Å². The number of likely N-dealkylation sites (N-methyl/N-ethyl adjacent to an activating group) is 1. The van der Waals surface area contributed by atoms with Gasteiger partial charge in [0, 0.05) is 6.42 Å². The summed E-state index contributed by atoms with van der Waals surface area (Å²) in [4.78, 5) is 13.1. The van der Waals surface area contributed by atoms with E-state index in [0.717, 1.165) is 19.4 Å². The van der Waals surface area contributed by atoms with Crippen LogP contribution in [0.5, 0.6) is 0 Å². The van der Waals surface area contributed by atoms with Crippen molar-refractivity contribution in [3.8, 4) is 12.3 Å². The molecule has 80 valence electrons. The summed E-state index contributed by atoms with van der Waals surface area (Å²) < 4.78 is 0. The Balaban J connectivity index is 4.10. The second-order valence-electron chi connectivity index (χ2n) is 3.88. The Kier molecular flexibility index (Phi) is 5.98. The zero-order valence-electron chi connectivity index (χ0n) is 9.29. The normalized spacial score (nSPS) is 12.9. The third-order valence-corrected chi connectivity index (χ3v) is 2.23. The van der Waals surface area contributed by atoms with Crippen molar-refractivity contribution in [2.75, 3.05) is 13.6 Å². The van der Waals surface area contributed by atoms with Crippen molar-refractivity contribution in [1.82, 2.24) is 4.90 Å². The van der Waals surface area contributed by atoms with Gasteiger partial charge in [-0.25, -0.2) is 0 Å². The first kappa shape index (κ1) is 13.0. The van der Waals surface area contributed by atoms with Gasteiger partial charge in [-0.15, -0.1) is 12.3 Å². The molecule has 0 aliphatic rings. The highest BCUT2D eigenvalue weighted by atomic mass is 16.1. The Bertz CT molecular complexity index is 218. The Morgan fingerprint density at radius 2 is 2.14 bits per heavy atom. The summed E-state index contributed by atoms with van der Waals surface area (Å²) in [6.07, 6.45) is 6.80. The van der Waals surface area contributed by atoms with Crippen molar-refractivity contribution in [2.24, 2.45) is 11.7 Å². The van der Waals surface area contributed by atoms with E-state index in [0.29, 0.717) is 0 Å². The van der Waals surface area contributed by atoms with E-state index in [1.165, 1.54) is 0 Å². The Morgan fingerprint density at radius 1 is 1.57 bits per heavy atom. The van der Waals surface area contributed by atoms with Gasteiger partial charge in [0.25, 0.3) is 0 Å². The summed E-state index contributed by atoms with van der Waals surface area (Å²) in [6.45, 7) is 4.80. The number of rotatable bonds is 6. The summed E-state index contributed by atoms with van der Waals surface area (Å²) in [5.74, 6) is 2.56. The second-order valence-corrected chi connectivity index (χ2v) is 3.88. The van der Waals surface area contributed by atoms with Crippen LogP contribution in [-0.4, -0.2) is 30.4 Å². The average molecular weight is 196 g/mol. The number of unbranched alkanes of at least 4 members (excludes halogenated alkanes) is 1. The summed E-state index contributed by atoms with van der Waals surface area (Å²) in [5.41, 5.74) is 5.32. The summed E-state index contributed by atoms with van der Waals surface area (Å²) >= 11 is 0. The largest absolute Gasteiger partial charge is 0.368 e. The van der Waals surface area contributed by atoms with Crippen molar-refractivity contribution < 1.29 is 4.79 Å². The van der Waals surface area contributed by atoms with Crippen LogP contribution < -0.4 is 5.73 Å². The monoisotopic (exact) mass is 196 g/mol. The first-order chi connectivity index (χ1) is 6.50. The SMILES string of the molecule is C#CCCCN(C)C(C(N)=O)C(C)C. The number of amides is 1. The molecular formula is C11H20N2O. The molecule has 0 bridgehead atoms. The van der Waals surface area contributed by atoms with Crippen LogP contribution in [0, 0.1) is 18.3 Å². The van der Waals surface area contributed by atoms with Crippen LogP contribution in [-0.2, 0) is 4.79 Å². The number of hydrogen-bond acceptors (Lipinski definition) is 2. The predicted molar refractivity (Wildman–Crippen MR) is 58.5 cm³/mol. The molecule has 14 heavy (non-hydrogen) atoms. The molecular weight excluding hydrogens is 176 g/mol. The Labute approximate surface area is 86.6 Å². The third kappa shape index (κ3) is 4.29. The van der Waals surface area contributed by atoms with Gasteiger partial charge < -0.3 is 5.73 Å². The fourth-order valence-corrected chi connectivity index (χ4v) is 1.62. The highest BCUT2D eigenvalue weighted by Crippen LogP contribution is 2.09. The smallest absolute Gasteiger partial charge is 0.235 e. The van der Waals surface area contributed by atoms with Crippen LogP contribution in [0.4, 0.5) is 0 Å². The van der Waals surface area contributed by atoms with Crippen LogP contribution in [0.15, 0.2) is 0 Å². The number of carbonyl (C=O) groups excluding carboxylic acids is 1. The lowest BCUT2D eigenvalue weighted by molar-refractivity contribution is -0.124. The van der Waals surface area contributed by atoms with E-state index >= 15 is 0 Å². The fourth-order valence-electron chi connectivity index (χ4n) is 1.62. The minimum absolute atomic E-state index is 0.187. The van der Waals surface area contributed by atoms with Crippen molar-refractivity contribution >= 4 is 5.91 Å². The van der Waals surface area contributed by atoms with Gasteiger partial charge >= 0.3 is 0 Å². The van der Waals surface area contributed by atoms with Crippen molar-refractivity contribution in [1.29, 1.82) is 0 Å². The number of primary amides is 1. The average Bonchev–Trinajstić information content (AvgIpc) is 2.03. The summed E-state index contributed by atoms with van der Waals surface area (Å²) in [7, 11) is 1.91. The van der Waals surface area contributed by atoms with Gasteiger partial charge in [-0.2, -0.15) is 0 Å². The van der Waals surface area contributed by atoms with Crippen LogP contribution >= 0.6 is 0 Å². The molecule has 0 aromatic carbocycles. The predicted octanol–water partition coefficient (Wildman–Crippen LogP) is 0.842. The van der Waals surface area contributed by atoms with Gasteiger partial charge in [-0.3, -0.25) is 9.69 Å². The first-order valence-corrected chi connectivity index (χ1v) is 4.93. The number of hydrogen-bond donors (Lipinski definition) is 1. The lowest BCUT2D eigenvalue weighted by atomic mass is 10.0. The lowest BCUT2D eigenvalue weighted by Crippen LogP contribution is -2.46. The molecule has 0 aromatic rings. The van der Waals surface area contributed by atoms with Crippen molar-refractivity contribution in [3.05, 3.63) is 0 Å². The maximum absolute atomic E-state index is 11.2. The van der Waals surface area contributed by atoms with Gasteiger partial charge in [-0.05, 0) is 25.9 Å². The molecule has 3 nitrogen and oxygen atoms in total. The molecule has 1 unspecified atom stereocenters. The molecule has 0 aliphatic carbocycles. The topological polar surface area (TPSA) is 46.3 Å². The van der Waals surface area contributed by atoms with Gasteiger partial charge in [0.1, 0.15) is 0 Å². The fraction of sp³-hybridized carbons (Fsp3) is 0.727. The van der Waals surface area contributed by atoms with E-state index in [1.807, 2.05) is 25.8 Å². The summed E-state index contributed by atoms with van der Waals surface area (Å²) in [5, 5.41) is 0. The highest BCUT2D eigenvalue weighted by Gasteiger charge is 2.23. The van der Waals surface area contributed by atoms with E-state index < -0.39 is 0 Å². The zero-order chi connectivity index (χ0) is 11.1. The van der Waals surface area contributed by atoms with Gasteiger partial charge in [0.15, 0.2) is 0 Å². The molecule has 0 spiro atoms. The molecule has 0 saturated carbocycles. The molecule has 0 radical (unpaired) electrons. The highest BCUT2D eigenvalue weighted by molar-refractivity contribution is 5.80. The lowest BCUT2D eigenvalue weighted by Gasteiger charge is -2.28. The van der Waals surface area contributed by atoms with Crippen molar-refractivity contribution in [2.45, 2.75) is 32.7 Å². The molecule has 1 atom stereocenters. The number of terminal acetylenes is 1. The number of nitrogens with two attached hydrogens (primary N) is 1. The quantitative estimate of drug-likeness (QED) is 0.505. The second kappa shape index (κ2) is 6.44. The van der Waals surface area contributed by atoms with Gasteiger partial charge in [0.2, 0.25) is 5.91 Å². The first-order valence-electron chi connectivity index (χ1n) is 4.93. The molecule has 0 rings (SSSR count). The van der Waals surface area contributed by atoms with Gasteiger partial charge in [0.05, 0.1) is 6.04 Å². The molecule has 0 heterocycles. The molecule has 0 aliphatic heterocycles. The van der Waals surface area contributed by atoms with E-state index in [4.69, 9.17) is 12.2 Å². The molecule has 1 amide bonds. The van der Waals surface area contributed by atoms with Crippen molar-refractivity contribution in [3.63, 3.8) is 0 Å². The van der Waals surface area contributed by atoms with E-state index in [9.17, 15) is 4.79 Å². The number of nitrogens with zero attached hydrogens (tertiary/aromatic N) is 1. The molecule has 0 fully saturated rings. The maximum Gasteiger partial charge on any atom is 0.235 e. The van der Waals surface area contributed by atoms with E-state index in [-0.39, 0.29) is 17.9 Å². The Morgan fingerprint density at radius 3 is 2.50 bits per heavy atom. The third-order valence-electron chi connectivity index (χ3n) is 2.23. The maximum atomic E-state index is 11.2. The molecule has 3 heteroatoms. The van der Waals surface area contributed by atoms with E-state index in [1.54, 1.807) is 0 Å². The van der Waals surface area contributed by atoms with Crippen LogP contribution in [0.2, 0.25) is 0 Å².